The van der Waals surface area contributed by atoms with Crippen molar-refractivity contribution in [1.82, 2.24) is 10.3 Å². The molecule has 1 aliphatic heterocycles. The molecule has 2 heterocycles. The molecule has 3 heteroatoms. The van der Waals surface area contributed by atoms with E-state index in [1.807, 2.05) is 0 Å². The molecule has 3 nitrogen and oxygen atoms in total. The number of anilines is 1. The van der Waals surface area contributed by atoms with Crippen molar-refractivity contribution >= 4 is 5.82 Å². The molecule has 2 rings (SSSR count). The highest BCUT2D eigenvalue weighted by Gasteiger charge is 2.11. The molecule has 20 heavy (non-hydrogen) atoms. The van der Waals surface area contributed by atoms with Crippen LogP contribution >= 0.6 is 0 Å². The highest BCUT2D eigenvalue weighted by Crippen LogP contribution is 2.19. The third-order valence-electron chi connectivity index (χ3n) is 3.94. The molecule has 0 spiro atoms. The van der Waals surface area contributed by atoms with Crippen LogP contribution in [0.1, 0.15) is 56.7 Å². The summed E-state index contributed by atoms with van der Waals surface area (Å²) in [5, 5.41) is 3.48. The first-order valence-electron chi connectivity index (χ1n) is 8.23. The van der Waals surface area contributed by atoms with Gasteiger partial charge in [0, 0.05) is 25.3 Å². The van der Waals surface area contributed by atoms with Crippen LogP contribution in [0.25, 0.3) is 0 Å². The molecule has 1 aromatic heterocycles. The van der Waals surface area contributed by atoms with Crippen molar-refractivity contribution in [2.45, 2.75) is 58.9 Å². The molecular weight excluding hydrogens is 246 g/mol. The smallest absolute Gasteiger partial charge is 0.129 e. The van der Waals surface area contributed by atoms with Crippen molar-refractivity contribution in [3.05, 3.63) is 23.4 Å². The van der Waals surface area contributed by atoms with Gasteiger partial charge in [-0.15, -0.1) is 0 Å². The number of aryl methyl sites for hydroxylation is 1. The summed E-state index contributed by atoms with van der Waals surface area (Å²) in [6, 6.07) is 4.48. The van der Waals surface area contributed by atoms with Gasteiger partial charge in [-0.2, -0.15) is 0 Å². The fourth-order valence-corrected chi connectivity index (χ4v) is 2.87. The molecule has 1 saturated heterocycles. The van der Waals surface area contributed by atoms with Gasteiger partial charge in [0.2, 0.25) is 0 Å². The SMILES string of the molecule is CCCNCc1cc(C)nc(N2CCCCCCC2)c1. The number of hydrogen-bond donors (Lipinski definition) is 1. The van der Waals surface area contributed by atoms with Crippen LogP contribution in [0, 0.1) is 6.92 Å². The maximum absolute atomic E-state index is 4.76. The van der Waals surface area contributed by atoms with E-state index in [9.17, 15) is 0 Å². The Bertz CT molecular complexity index is 395. The maximum Gasteiger partial charge on any atom is 0.129 e. The van der Waals surface area contributed by atoms with Gasteiger partial charge in [0.25, 0.3) is 0 Å². The van der Waals surface area contributed by atoms with E-state index in [4.69, 9.17) is 4.98 Å². The minimum Gasteiger partial charge on any atom is -0.357 e. The Hall–Kier alpha value is -1.09. The van der Waals surface area contributed by atoms with Gasteiger partial charge in [-0.05, 0) is 50.4 Å². The Balaban J connectivity index is 2.04. The summed E-state index contributed by atoms with van der Waals surface area (Å²) >= 11 is 0. The van der Waals surface area contributed by atoms with Crippen molar-refractivity contribution in [3.8, 4) is 0 Å². The Kier molecular flexibility index (Phi) is 6.31. The van der Waals surface area contributed by atoms with E-state index in [-0.39, 0.29) is 0 Å². The van der Waals surface area contributed by atoms with Crippen molar-refractivity contribution in [2.75, 3.05) is 24.5 Å². The first-order valence-corrected chi connectivity index (χ1v) is 8.23. The molecule has 0 saturated carbocycles. The summed E-state index contributed by atoms with van der Waals surface area (Å²) in [5.74, 6) is 1.18. The van der Waals surface area contributed by atoms with Gasteiger partial charge in [-0.3, -0.25) is 0 Å². The highest BCUT2D eigenvalue weighted by molar-refractivity contribution is 5.42. The molecule has 1 N–H and O–H groups in total. The summed E-state index contributed by atoms with van der Waals surface area (Å²) in [5.41, 5.74) is 2.50. The fourth-order valence-electron chi connectivity index (χ4n) is 2.87. The van der Waals surface area contributed by atoms with E-state index in [2.05, 4.69) is 36.2 Å². The van der Waals surface area contributed by atoms with Gasteiger partial charge in [0.15, 0.2) is 0 Å². The zero-order valence-corrected chi connectivity index (χ0v) is 13.1. The molecule has 0 atom stereocenters. The van der Waals surface area contributed by atoms with E-state index in [0.717, 1.165) is 31.9 Å². The molecule has 0 amide bonds. The molecule has 1 aliphatic rings. The summed E-state index contributed by atoms with van der Waals surface area (Å²) in [7, 11) is 0. The van der Waals surface area contributed by atoms with Crippen LogP contribution in [0.15, 0.2) is 12.1 Å². The molecule has 1 aromatic rings. The zero-order chi connectivity index (χ0) is 14.2. The Morgan fingerprint density at radius 2 is 1.80 bits per heavy atom. The van der Waals surface area contributed by atoms with Crippen LogP contribution in [0.4, 0.5) is 5.82 Å². The molecule has 0 radical (unpaired) electrons. The second kappa shape index (κ2) is 8.25. The molecular formula is C17H29N3. The number of nitrogens with one attached hydrogen (secondary N) is 1. The molecule has 0 aliphatic carbocycles. The van der Waals surface area contributed by atoms with Gasteiger partial charge in [-0.25, -0.2) is 4.98 Å². The van der Waals surface area contributed by atoms with Gasteiger partial charge < -0.3 is 10.2 Å². The number of rotatable bonds is 5. The van der Waals surface area contributed by atoms with Crippen LogP contribution in [-0.4, -0.2) is 24.6 Å². The summed E-state index contributed by atoms with van der Waals surface area (Å²) in [4.78, 5) is 7.24. The first-order chi connectivity index (χ1) is 9.79. The van der Waals surface area contributed by atoms with E-state index in [1.54, 1.807) is 0 Å². The van der Waals surface area contributed by atoms with Gasteiger partial charge in [-0.1, -0.05) is 26.2 Å². The Morgan fingerprint density at radius 1 is 1.10 bits per heavy atom. The largest absolute Gasteiger partial charge is 0.357 e. The van der Waals surface area contributed by atoms with E-state index >= 15 is 0 Å². The quantitative estimate of drug-likeness (QED) is 0.831. The lowest BCUT2D eigenvalue weighted by Crippen LogP contribution is -2.28. The predicted molar refractivity (Wildman–Crippen MR) is 86.3 cm³/mol. The van der Waals surface area contributed by atoms with E-state index in [0.29, 0.717) is 0 Å². The molecule has 0 aromatic carbocycles. The lowest BCUT2D eigenvalue weighted by molar-refractivity contribution is 0.553. The van der Waals surface area contributed by atoms with Crippen molar-refractivity contribution in [1.29, 1.82) is 0 Å². The standard InChI is InChI=1S/C17H29N3/c1-3-9-18-14-16-12-15(2)19-17(13-16)20-10-7-5-4-6-8-11-20/h12-13,18H,3-11,14H2,1-2H3. The van der Waals surface area contributed by atoms with E-state index in [1.165, 1.54) is 49.9 Å². The summed E-state index contributed by atoms with van der Waals surface area (Å²) in [6.07, 6.45) is 7.93. The molecule has 0 bridgehead atoms. The van der Waals surface area contributed by atoms with Gasteiger partial charge in [0.05, 0.1) is 0 Å². The minimum absolute atomic E-state index is 0.956. The monoisotopic (exact) mass is 275 g/mol. The van der Waals surface area contributed by atoms with Crippen LogP contribution in [-0.2, 0) is 6.54 Å². The van der Waals surface area contributed by atoms with Crippen molar-refractivity contribution < 1.29 is 0 Å². The normalized spacial score (nSPS) is 16.8. The van der Waals surface area contributed by atoms with Crippen molar-refractivity contribution in [2.24, 2.45) is 0 Å². The van der Waals surface area contributed by atoms with Crippen LogP contribution < -0.4 is 10.2 Å². The summed E-state index contributed by atoms with van der Waals surface area (Å²) in [6.45, 7) is 8.68. The average Bonchev–Trinajstić information content (AvgIpc) is 2.38. The van der Waals surface area contributed by atoms with Gasteiger partial charge >= 0.3 is 0 Å². The number of aromatic nitrogens is 1. The van der Waals surface area contributed by atoms with Crippen molar-refractivity contribution in [3.63, 3.8) is 0 Å². The number of hydrogen-bond acceptors (Lipinski definition) is 3. The fraction of sp³-hybridized carbons (Fsp3) is 0.706. The second-order valence-electron chi connectivity index (χ2n) is 5.91. The van der Waals surface area contributed by atoms with Crippen LogP contribution in [0.2, 0.25) is 0 Å². The lowest BCUT2D eigenvalue weighted by Gasteiger charge is -2.26. The van der Waals surface area contributed by atoms with Crippen LogP contribution in [0.3, 0.4) is 0 Å². The molecule has 1 fully saturated rings. The zero-order valence-electron chi connectivity index (χ0n) is 13.1. The Morgan fingerprint density at radius 3 is 2.50 bits per heavy atom. The lowest BCUT2D eigenvalue weighted by atomic mass is 10.1. The maximum atomic E-state index is 4.76. The number of nitrogens with zero attached hydrogens (tertiary/aromatic N) is 2. The number of pyridine rings is 1. The topological polar surface area (TPSA) is 28.2 Å². The highest BCUT2D eigenvalue weighted by atomic mass is 15.2. The third kappa shape index (κ3) is 4.78. The first kappa shape index (κ1) is 15.3. The van der Waals surface area contributed by atoms with E-state index < -0.39 is 0 Å². The molecule has 0 unspecified atom stereocenters. The second-order valence-corrected chi connectivity index (χ2v) is 5.91. The van der Waals surface area contributed by atoms with Crippen LogP contribution in [0.5, 0.6) is 0 Å². The predicted octanol–water partition coefficient (Wildman–Crippen LogP) is 3.66. The third-order valence-corrected chi connectivity index (χ3v) is 3.94. The Labute approximate surface area is 123 Å². The minimum atomic E-state index is 0.956. The summed E-state index contributed by atoms with van der Waals surface area (Å²) < 4.78 is 0. The molecule has 112 valence electrons. The average molecular weight is 275 g/mol. The van der Waals surface area contributed by atoms with Gasteiger partial charge in [0.1, 0.15) is 5.82 Å².